The number of para-hydroxylation sites is 1. The first kappa shape index (κ1) is 14.2. The molecule has 1 saturated heterocycles. The van der Waals surface area contributed by atoms with E-state index in [2.05, 4.69) is 27.0 Å². The van der Waals surface area contributed by atoms with Gasteiger partial charge >= 0.3 is 0 Å². The zero-order chi connectivity index (χ0) is 14.8. The minimum Gasteiger partial charge on any atom is -0.366 e. The van der Waals surface area contributed by atoms with Crippen molar-refractivity contribution in [3.63, 3.8) is 0 Å². The van der Waals surface area contributed by atoms with Crippen molar-refractivity contribution in [1.29, 1.82) is 0 Å². The molecule has 1 heterocycles. The van der Waals surface area contributed by atoms with Crippen LogP contribution in [0.1, 0.15) is 13.3 Å². The summed E-state index contributed by atoms with van der Waals surface area (Å²) >= 11 is 0. The van der Waals surface area contributed by atoms with Gasteiger partial charge in [-0.3, -0.25) is 4.99 Å². The van der Waals surface area contributed by atoms with Gasteiger partial charge in [-0.15, -0.1) is 0 Å². The molecule has 1 aliphatic carbocycles. The molecule has 0 aromatic heterocycles. The van der Waals surface area contributed by atoms with Gasteiger partial charge in [0, 0.05) is 39.3 Å². The monoisotopic (exact) mass is 290 g/mol. The second-order valence-corrected chi connectivity index (χ2v) is 5.94. The molecule has 2 unspecified atom stereocenters. The molecule has 21 heavy (non-hydrogen) atoms. The molecule has 1 N–H and O–H groups in total. The Kier molecular flexibility index (Phi) is 3.99. The minimum atomic E-state index is -0.139. The molecule has 4 nitrogen and oxygen atoms in total. The van der Waals surface area contributed by atoms with Crippen molar-refractivity contribution >= 4 is 11.6 Å². The maximum Gasteiger partial charge on any atom is 0.193 e. The van der Waals surface area contributed by atoms with Gasteiger partial charge in [-0.05, 0) is 24.5 Å². The van der Waals surface area contributed by atoms with E-state index in [0.29, 0.717) is 11.7 Å². The van der Waals surface area contributed by atoms with Crippen LogP contribution >= 0.6 is 0 Å². The summed E-state index contributed by atoms with van der Waals surface area (Å²) in [7, 11) is 1.83. The Morgan fingerprint density at radius 2 is 1.90 bits per heavy atom. The average molecular weight is 290 g/mol. The van der Waals surface area contributed by atoms with Crippen LogP contribution in [0.15, 0.2) is 29.3 Å². The first-order valence-corrected chi connectivity index (χ1v) is 7.67. The highest BCUT2D eigenvalue weighted by Crippen LogP contribution is 2.29. The fourth-order valence-electron chi connectivity index (χ4n) is 2.85. The molecule has 2 atom stereocenters. The summed E-state index contributed by atoms with van der Waals surface area (Å²) in [6.07, 6.45) is 1.23. The van der Waals surface area contributed by atoms with Gasteiger partial charge in [0.25, 0.3) is 0 Å². The lowest BCUT2D eigenvalue weighted by Crippen LogP contribution is -2.53. The molecule has 1 aliphatic heterocycles. The van der Waals surface area contributed by atoms with Gasteiger partial charge in [-0.25, -0.2) is 4.39 Å². The van der Waals surface area contributed by atoms with Crippen molar-refractivity contribution in [2.75, 3.05) is 38.1 Å². The van der Waals surface area contributed by atoms with E-state index in [-0.39, 0.29) is 5.82 Å². The standard InChI is InChI=1S/C16H23FN4/c1-12-11-14(12)19-16(18-2)21-9-7-20(8-10-21)15-6-4-3-5-13(15)17/h3-6,12,14H,7-11H2,1-2H3,(H,18,19). The van der Waals surface area contributed by atoms with E-state index in [4.69, 9.17) is 0 Å². The van der Waals surface area contributed by atoms with Crippen LogP contribution in [0.3, 0.4) is 0 Å². The van der Waals surface area contributed by atoms with E-state index in [0.717, 1.165) is 38.1 Å². The van der Waals surface area contributed by atoms with E-state index in [1.807, 2.05) is 19.2 Å². The summed E-state index contributed by atoms with van der Waals surface area (Å²) in [4.78, 5) is 8.76. The second kappa shape index (κ2) is 5.92. The third-order valence-corrected chi connectivity index (χ3v) is 4.41. The van der Waals surface area contributed by atoms with Gasteiger partial charge in [0.15, 0.2) is 5.96 Å². The first-order valence-electron chi connectivity index (χ1n) is 7.67. The summed E-state index contributed by atoms with van der Waals surface area (Å²) in [5.41, 5.74) is 0.705. The fourth-order valence-corrected chi connectivity index (χ4v) is 2.85. The quantitative estimate of drug-likeness (QED) is 0.667. The Morgan fingerprint density at radius 1 is 1.24 bits per heavy atom. The summed E-state index contributed by atoms with van der Waals surface area (Å²) in [6, 6.07) is 7.58. The van der Waals surface area contributed by atoms with Crippen molar-refractivity contribution in [2.45, 2.75) is 19.4 Å². The lowest BCUT2D eigenvalue weighted by molar-refractivity contribution is 0.370. The number of nitrogens with zero attached hydrogens (tertiary/aromatic N) is 3. The highest BCUT2D eigenvalue weighted by molar-refractivity contribution is 5.80. The van der Waals surface area contributed by atoms with E-state index in [1.165, 1.54) is 12.5 Å². The largest absolute Gasteiger partial charge is 0.366 e. The Balaban J connectivity index is 1.58. The van der Waals surface area contributed by atoms with Crippen LogP contribution in [0, 0.1) is 11.7 Å². The smallest absolute Gasteiger partial charge is 0.193 e. The zero-order valence-electron chi connectivity index (χ0n) is 12.7. The third-order valence-electron chi connectivity index (χ3n) is 4.41. The molecular formula is C16H23FN4. The molecule has 3 rings (SSSR count). The van der Waals surface area contributed by atoms with Crippen molar-refractivity contribution < 1.29 is 4.39 Å². The normalized spacial score (nSPS) is 26.0. The van der Waals surface area contributed by atoms with Crippen LogP contribution in [-0.2, 0) is 0 Å². The maximum atomic E-state index is 13.8. The molecule has 1 aromatic rings. The lowest BCUT2D eigenvalue weighted by atomic mass is 10.2. The Labute approximate surface area is 125 Å². The Bertz CT molecular complexity index is 523. The van der Waals surface area contributed by atoms with Crippen molar-refractivity contribution in [1.82, 2.24) is 10.2 Å². The first-order chi connectivity index (χ1) is 10.2. The van der Waals surface area contributed by atoms with Crippen LogP contribution in [0.5, 0.6) is 0 Å². The number of aliphatic imine (C=N–C) groups is 1. The molecule has 1 saturated carbocycles. The summed E-state index contributed by atoms with van der Waals surface area (Å²) < 4.78 is 13.8. The van der Waals surface area contributed by atoms with E-state index >= 15 is 0 Å². The molecule has 2 aliphatic rings. The van der Waals surface area contributed by atoms with Crippen LogP contribution in [-0.4, -0.2) is 50.1 Å². The number of piperazine rings is 1. The molecule has 114 valence electrons. The number of benzene rings is 1. The van der Waals surface area contributed by atoms with Gasteiger partial charge in [0.05, 0.1) is 5.69 Å². The topological polar surface area (TPSA) is 30.9 Å². The number of hydrogen-bond acceptors (Lipinski definition) is 2. The summed E-state index contributed by atoms with van der Waals surface area (Å²) in [5.74, 6) is 1.60. The Morgan fingerprint density at radius 3 is 2.48 bits per heavy atom. The molecule has 1 aromatic carbocycles. The zero-order valence-corrected chi connectivity index (χ0v) is 12.7. The number of rotatable bonds is 2. The SMILES string of the molecule is CN=C(NC1CC1C)N1CCN(c2ccccc2F)CC1. The molecule has 0 bridgehead atoms. The summed E-state index contributed by atoms with van der Waals surface area (Å²) in [5, 5.41) is 3.51. The molecule has 0 radical (unpaired) electrons. The molecular weight excluding hydrogens is 267 g/mol. The predicted molar refractivity (Wildman–Crippen MR) is 84.2 cm³/mol. The van der Waals surface area contributed by atoms with Crippen LogP contribution in [0.2, 0.25) is 0 Å². The number of guanidine groups is 1. The maximum absolute atomic E-state index is 13.8. The molecule has 0 amide bonds. The Hall–Kier alpha value is -1.78. The van der Waals surface area contributed by atoms with E-state index in [1.54, 1.807) is 6.07 Å². The van der Waals surface area contributed by atoms with Gasteiger partial charge in [-0.2, -0.15) is 0 Å². The minimum absolute atomic E-state index is 0.139. The fraction of sp³-hybridized carbons (Fsp3) is 0.562. The summed E-state index contributed by atoms with van der Waals surface area (Å²) in [6.45, 7) is 5.63. The highest BCUT2D eigenvalue weighted by atomic mass is 19.1. The number of anilines is 1. The van der Waals surface area contributed by atoms with Crippen molar-refractivity contribution in [3.8, 4) is 0 Å². The second-order valence-electron chi connectivity index (χ2n) is 5.94. The van der Waals surface area contributed by atoms with Gasteiger partial charge in [0.1, 0.15) is 5.82 Å². The third kappa shape index (κ3) is 3.12. The lowest BCUT2D eigenvalue weighted by Gasteiger charge is -2.37. The van der Waals surface area contributed by atoms with Gasteiger partial charge in [-0.1, -0.05) is 19.1 Å². The number of nitrogens with one attached hydrogen (secondary N) is 1. The highest BCUT2D eigenvalue weighted by Gasteiger charge is 2.34. The number of halogens is 1. The van der Waals surface area contributed by atoms with Gasteiger partial charge < -0.3 is 15.1 Å². The average Bonchev–Trinajstić information content (AvgIpc) is 3.21. The predicted octanol–water partition coefficient (Wildman–Crippen LogP) is 1.93. The molecule has 2 fully saturated rings. The number of hydrogen-bond donors (Lipinski definition) is 1. The van der Waals surface area contributed by atoms with E-state index in [9.17, 15) is 4.39 Å². The van der Waals surface area contributed by atoms with Crippen LogP contribution in [0.4, 0.5) is 10.1 Å². The molecule has 5 heteroatoms. The van der Waals surface area contributed by atoms with Crippen LogP contribution in [0.25, 0.3) is 0 Å². The van der Waals surface area contributed by atoms with Crippen LogP contribution < -0.4 is 10.2 Å². The van der Waals surface area contributed by atoms with Crippen molar-refractivity contribution in [2.24, 2.45) is 10.9 Å². The van der Waals surface area contributed by atoms with Crippen molar-refractivity contribution in [3.05, 3.63) is 30.1 Å². The van der Waals surface area contributed by atoms with E-state index < -0.39 is 0 Å². The van der Waals surface area contributed by atoms with Gasteiger partial charge in [0.2, 0.25) is 0 Å². The molecule has 0 spiro atoms.